The lowest BCUT2D eigenvalue weighted by molar-refractivity contribution is 0.327. The van der Waals surface area contributed by atoms with Crippen LogP contribution in [0.25, 0.3) is 0 Å². The van der Waals surface area contributed by atoms with Gasteiger partial charge < -0.3 is 12.3 Å². The Morgan fingerprint density at radius 3 is 1.50 bits per heavy atom. The molecule has 20 heavy (non-hydrogen) atoms. The number of hydrogen-bond acceptors (Lipinski definition) is 3. The molecule has 0 fully saturated rings. The van der Waals surface area contributed by atoms with Crippen LogP contribution in [0.15, 0.2) is 24.6 Å². The van der Waals surface area contributed by atoms with Crippen LogP contribution in [0.3, 0.4) is 0 Å². The van der Waals surface area contributed by atoms with Gasteiger partial charge in [0.25, 0.3) is 0 Å². The molecule has 0 aliphatic rings. The summed E-state index contributed by atoms with van der Waals surface area (Å²) in [5, 5.41) is 0. The molecule has 0 rings (SSSR count). The molecule has 0 N–H and O–H groups in total. The van der Waals surface area contributed by atoms with Crippen molar-refractivity contribution in [3.05, 3.63) is 24.6 Å². The number of hydrogen-bond donors (Lipinski definition) is 0. The van der Waals surface area contributed by atoms with E-state index in [0.29, 0.717) is 0 Å². The summed E-state index contributed by atoms with van der Waals surface area (Å²) in [5.41, 5.74) is 3.92. The Labute approximate surface area is 129 Å². The van der Waals surface area contributed by atoms with Crippen molar-refractivity contribution in [2.45, 2.75) is 58.8 Å². The summed E-state index contributed by atoms with van der Waals surface area (Å²) in [6.07, 6.45) is 0. The predicted octanol–water partition coefficient (Wildman–Crippen LogP) is 4.69. The summed E-state index contributed by atoms with van der Waals surface area (Å²) < 4.78 is 19.1. The molecule has 0 heterocycles. The fourth-order valence-electron chi connectivity index (χ4n) is 1.98. The second-order valence-corrected chi connectivity index (χ2v) is 22.3. The summed E-state index contributed by atoms with van der Waals surface area (Å²) in [5.74, 6) is 0. The highest BCUT2D eigenvalue weighted by molar-refractivity contribution is 6.91. The lowest BCUT2D eigenvalue weighted by Crippen LogP contribution is -2.57. The quantitative estimate of drug-likeness (QED) is 0.566. The van der Waals surface area contributed by atoms with Gasteiger partial charge in [-0.25, -0.2) is 0 Å². The van der Waals surface area contributed by atoms with Gasteiger partial charge in [0.15, 0.2) is 16.6 Å². The summed E-state index contributed by atoms with van der Waals surface area (Å²) in [6, 6.07) is 0.924. The third-order valence-corrected chi connectivity index (χ3v) is 17.9. The molecule has 1 atom stereocenters. The van der Waals surface area contributed by atoms with Gasteiger partial charge in [0.2, 0.25) is 0 Å². The van der Waals surface area contributed by atoms with Crippen molar-refractivity contribution in [3.8, 4) is 0 Å². The van der Waals surface area contributed by atoms with E-state index in [1.54, 1.807) is 0 Å². The number of rotatable bonds is 9. The van der Waals surface area contributed by atoms with Crippen LogP contribution in [-0.4, -0.2) is 33.8 Å². The first kappa shape index (κ1) is 20.2. The van der Waals surface area contributed by atoms with Gasteiger partial charge in [-0.3, -0.25) is 0 Å². The molecule has 3 nitrogen and oxygen atoms in total. The molecule has 0 aliphatic heterocycles. The maximum Gasteiger partial charge on any atom is 0.315 e. The summed E-state index contributed by atoms with van der Waals surface area (Å²) >= 11 is 0. The molecule has 0 saturated carbocycles. The van der Waals surface area contributed by atoms with E-state index in [2.05, 4.69) is 65.9 Å². The lowest BCUT2D eigenvalue weighted by Gasteiger charge is -2.41. The second kappa shape index (κ2) is 6.99. The average Bonchev–Trinajstić information content (AvgIpc) is 2.26. The van der Waals surface area contributed by atoms with Crippen molar-refractivity contribution < 1.29 is 12.3 Å². The van der Waals surface area contributed by atoms with Crippen LogP contribution < -0.4 is 0 Å². The van der Waals surface area contributed by atoms with Gasteiger partial charge in [-0.15, -0.1) is 13.2 Å². The van der Waals surface area contributed by atoms with Crippen LogP contribution in [0, 0.1) is 0 Å². The van der Waals surface area contributed by atoms with Gasteiger partial charge in [0.1, 0.15) is 0 Å². The van der Waals surface area contributed by atoms with Gasteiger partial charge in [0.05, 0.1) is 0 Å². The van der Waals surface area contributed by atoms with Crippen LogP contribution in [0.4, 0.5) is 0 Å². The highest BCUT2D eigenvalue weighted by Gasteiger charge is 2.44. The van der Waals surface area contributed by atoms with Crippen molar-refractivity contribution in [1.29, 1.82) is 0 Å². The Balaban J connectivity index is 5.01. The molecule has 7 heteroatoms. The molecule has 0 spiro atoms. The van der Waals surface area contributed by atoms with Crippen molar-refractivity contribution in [3.63, 3.8) is 0 Å². The van der Waals surface area contributed by atoms with Crippen molar-refractivity contribution >= 4 is 33.8 Å². The molecule has 0 aromatic rings. The summed E-state index contributed by atoms with van der Waals surface area (Å²) in [7, 11) is -8.10. The Morgan fingerprint density at radius 2 is 1.15 bits per heavy atom. The SMILES string of the molecule is C=C[Si](C)(C)O[Si](C)(C)O[Si](C)(CC)O[Si](C)(C)C=C. The Morgan fingerprint density at radius 1 is 0.750 bits per heavy atom. The highest BCUT2D eigenvalue weighted by atomic mass is 28.5. The molecule has 0 aromatic carbocycles. The zero-order chi connectivity index (χ0) is 16.2. The van der Waals surface area contributed by atoms with Gasteiger partial charge in [-0.1, -0.05) is 18.3 Å². The van der Waals surface area contributed by atoms with Crippen molar-refractivity contribution in [1.82, 2.24) is 0 Å². The topological polar surface area (TPSA) is 27.7 Å². The fourth-order valence-corrected chi connectivity index (χ4v) is 18.6. The Bertz CT molecular complexity index is 356. The molecule has 0 radical (unpaired) electrons. The maximum atomic E-state index is 6.46. The largest absolute Gasteiger partial charge is 0.433 e. The first-order valence-electron chi connectivity index (χ1n) is 7.18. The van der Waals surface area contributed by atoms with Crippen molar-refractivity contribution in [2.75, 3.05) is 0 Å². The zero-order valence-electron chi connectivity index (χ0n) is 14.5. The minimum Gasteiger partial charge on any atom is -0.433 e. The third kappa shape index (κ3) is 7.30. The Hall–Kier alpha value is 0.228. The predicted molar refractivity (Wildman–Crippen MR) is 98.2 cm³/mol. The molecule has 0 aliphatic carbocycles. The molecule has 1 unspecified atom stereocenters. The second-order valence-electron chi connectivity index (χ2n) is 6.81. The van der Waals surface area contributed by atoms with E-state index >= 15 is 0 Å². The summed E-state index contributed by atoms with van der Waals surface area (Å²) in [4.78, 5) is 0. The first-order chi connectivity index (χ1) is 8.80. The van der Waals surface area contributed by atoms with Gasteiger partial charge in [0, 0.05) is 0 Å². The molecule has 0 aromatic heterocycles. The van der Waals surface area contributed by atoms with Crippen molar-refractivity contribution in [2.24, 2.45) is 0 Å². The standard InChI is InChI=1S/C13H32O3Si4/c1-11-17(4,5)14-19(8,9)16-20(10,13-3)15-18(6,7)12-2/h11-12H,1-2,13H2,3-10H3. The van der Waals surface area contributed by atoms with E-state index in [1.165, 1.54) is 0 Å². The van der Waals surface area contributed by atoms with Crippen LogP contribution in [-0.2, 0) is 12.3 Å². The highest BCUT2D eigenvalue weighted by Crippen LogP contribution is 2.26. The van der Waals surface area contributed by atoms with Gasteiger partial charge >= 0.3 is 17.1 Å². The maximum absolute atomic E-state index is 6.46. The summed E-state index contributed by atoms with van der Waals surface area (Å²) in [6.45, 7) is 24.9. The first-order valence-corrected chi connectivity index (χ1v) is 18.5. The van der Waals surface area contributed by atoms with Crippen LogP contribution in [0.5, 0.6) is 0 Å². The van der Waals surface area contributed by atoms with Crippen LogP contribution in [0.2, 0.25) is 51.9 Å². The van der Waals surface area contributed by atoms with E-state index in [1.807, 2.05) is 11.4 Å². The van der Waals surface area contributed by atoms with Crippen LogP contribution in [0.1, 0.15) is 6.92 Å². The van der Waals surface area contributed by atoms with Gasteiger partial charge in [-0.2, -0.15) is 0 Å². The fraction of sp³-hybridized carbons (Fsp3) is 0.692. The van der Waals surface area contributed by atoms with E-state index in [4.69, 9.17) is 12.3 Å². The smallest absolute Gasteiger partial charge is 0.315 e. The van der Waals surface area contributed by atoms with E-state index in [0.717, 1.165) is 6.04 Å². The zero-order valence-corrected chi connectivity index (χ0v) is 18.5. The van der Waals surface area contributed by atoms with Crippen LogP contribution >= 0.6 is 0 Å². The van der Waals surface area contributed by atoms with E-state index in [9.17, 15) is 0 Å². The lowest BCUT2D eigenvalue weighted by atomic mass is 11.0. The monoisotopic (exact) mass is 348 g/mol. The third-order valence-electron chi connectivity index (χ3n) is 3.07. The van der Waals surface area contributed by atoms with E-state index < -0.39 is 33.8 Å². The van der Waals surface area contributed by atoms with E-state index in [-0.39, 0.29) is 0 Å². The molecule has 0 saturated heterocycles. The minimum absolute atomic E-state index is 0.924. The molecular formula is C13H32O3Si4. The average molecular weight is 349 g/mol. The minimum atomic E-state index is -2.21. The molecule has 0 bridgehead atoms. The normalized spacial score (nSPS) is 16.6. The molecule has 118 valence electrons. The Kier molecular flexibility index (Phi) is 7.07. The van der Waals surface area contributed by atoms with Gasteiger partial charge in [-0.05, 0) is 51.9 Å². The molecular weight excluding hydrogens is 316 g/mol. The molecule has 0 amide bonds.